The number of nitrogens with one attached hydrogen (secondary N) is 1. The highest BCUT2D eigenvalue weighted by Gasteiger charge is 2.00. The summed E-state index contributed by atoms with van der Waals surface area (Å²) in [6.07, 6.45) is 2.01. The van der Waals surface area contributed by atoms with E-state index in [1.54, 1.807) is 18.3 Å². The van der Waals surface area contributed by atoms with Gasteiger partial charge >= 0.3 is 0 Å². The van der Waals surface area contributed by atoms with Gasteiger partial charge in [0.1, 0.15) is 0 Å². The molecule has 5 heteroatoms. The molecule has 5 nitrogen and oxygen atoms in total. The molecular weight excluding hydrogens is 206 g/mol. The Labute approximate surface area is 94.0 Å². The Bertz CT molecular complexity index is 410. The number of benzene rings is 1. The molecule has 0 saturated heterocycles. The molecule has 0 atom stereocenters. The Morgan fingerprint density at radius 2 is 2.44 bits per heavy atom. The first kappa shape index (κ1) is 11.9. The van der Waals surface area contributed by atoms with E-state index in [0.717, 1.165) is 5.56 Å². The number of ether oxygens (including phenoxy) is 1. The monoisotopic (exact) mass is 219 g/mol. The van der Waals surface area contributed by atoms with Gasteiger partial charge in [0.25, 0.3) is 0 Å². The second-order valence-corrected chi connectivity index (χ2v) is 3.01. The van der Waals surface area contributed by atoms with Gasteiger partial charge < -0.3 is 15.3 Å². The number of nitrogens with zero attached hydrogens (tertiary/aromatic N) is 2. The van der Waals surface area contributed by atoms with Crippen LogP contribution in [0.5, 0.6) is 11.5 Å². The average molecular weight is 219 g/mol. The van der Waals surface area contributed by atoms with Gasteiger partial charge in [0.2, 0.25) is 0 Å². The van der Waals surface area contributed by atoms with E-state index in [1.807, 2.05) is 6.07 Å². The highest BCUT2D eigenvalue weighted by Crippen LogP contribution is 2.25. The maximum absolute atomic E-state index is 9.36. The molecule has 1 aromatic carbocycles. The SMILES string of the molecule is COc1cc(/C=N/NCCC#N)ccc1O. The molecule has 0 heterocycles. The van der Waals surface area contributed by atoms with Gasteiger partial charge in [-0.25, -0.2) is 0 Å². The van der Waals surface area contributed by atoms with Crippen molar-refractivity contribution in [3.8, 4) is 17.6 Å². The van der Waals surface area contributed by atoms with Crippen LogP contribution in [0.3, 0.4) is 0 Å². The van der Waals surface area contributed by atoms with Crippen LogP contribution < -0.4 is 10.2 Å². The molecule has 0 bridgehead atoms. The zero-order valence-corrected chi connectivity index (χ0v) is 8.97. The minimum atomic E-state index is 0.0945. The Kier molecular flexibility index (Phi) is 4.67. The van der Waals surface area contributed by atoms with Crippen molar-refractivity contribution in [2.24, 2.45) is 5.10 Å². The number of phenolic OH excluding ortho intramolecular Hbond substituents is 1. The van der Waals surface area contributed by atoms with Crippen LogP contribution in [0, 0.1) is 11.3 Å². The maximum Gasteiger partial charge on any atom is 0.161 e. The molecule has 0 aliphatic heterocycles. The fourth-order valence-electron chi connectivity index (χ4n) is 1.07. The number of methoxy groups -OCH3 is 1. The summed E-state index contributed by atoms with van der Waals surface area (Å²) in [5, 5.41) is 21.6. The lowest BCUT2D eigenvalue weighted by molar-refractivity contribution is 0.373. The molecule has 1 aromatic rings. The number of nitriles is 1. The first-order valence-corrected chi connectivity index (χ1v) is 4.78. The van der Waals surface area contributed by atoms with Gasteiger partial charge in [0.05, 0.1) is 25.8 Å². The smallest absolute Gasteiger partial charge is 0.161 e. The zero-order chi connectivity index (χ0) is 11.8. The fraction of sp³-hybridized carbons (Fsp3) is 0.273. The molecule has 0 aliphatic carbocycles. The molecule has 2 N–H and O–H groups in total. The maximum atomic E-state index is 9.36. The van der Waals surface area contributed by atoms with Gasteiger partial charge in [0.15, 0.2) is 11.5 Å². The van der Waals surface area contributed by atoms with Crippen molar-refractivity contribution in [2.75, 3.05) is 13.7 Å². The highest BCUT2D eigenvalue weighted by atomic mass is 16.5. The molecule has 16 heavy (non-hydrogen) atoms. The number of rotatable bonds is 5. The lowest BCUT2D eigenvalue weighted by Gasteiger charge is -2.03. The standard InChI is InChI=1S/C11H13N3O2/c1-16-11-7-9(3-4-10(11)15)8-14-13-6-2-5-12/h3-4,7-8,13,15H,2,6H2,1H3/b14-8+. The van der Waals surface area contributed by atoms with Gasteiger partial charge in [-0.1, -0.05) is 0 Å². The van der Waals surface area contributed by atoms with E-state index in [0.29, 0.717) is 18.7 Å². The van der Waals surface area contributed by atoms with Crippen LogP contribution in [0.25, 0.3) is 0 Å². The molecular formula is C11H13N3O2. The molecule has 0 aromatic heterocycles. The van der Waals surface area contributed by atoms with Crippen LogP contribution in [-0.2, 0) is 0 Å². The summed E-state index contributed by atoms with van der Waals surface area (Å²) in [5.74, 6) is 0.498. The Morgan fingerprint density at radius 1 is 1.62 bits per heavy atom. The predicted molar refractivity (Wildman–Crippen MR) is 60.5 cm³/mol. The van der Waals surface area contributed by atoms with Crippen LogP contribution in [0.2, 0.25) is 0 Å². The second-order valence-electron chi connectivity index (χ2n) is 3.01. The predicted octanol–water partition coefficient (Wildman–Crippen LogP) is 1.24. The van der Waals surface area contributed by atoms with Gasteiger partial charge in [-0.15, -0.1) is 0 Å². The van der Waals surface area contributed by atoms with Crippen molar-refractivity contribution in [1.82, 2.24) is 5.43 Å². The molecule has 1 rings (SSSR count). The lowest BCUT2D eigenvalue weighted by Crippen LogP contribution is -2.06. The third kappa shape index (κ3) is 3.50. The van der Waals surface area contributed by atoms with E-state index in [-0.39, 0.29) is 5.75 Å². The Hall–Kier alpha value is -2.22. The van der Waals surface area contributed by atoms with Crippen molar-refractivity contribution >= 4 is 6.21 Å². The molecule has 84 valence electrons. The Balaban J connectivity index is 2.57. The zero-order valence-electron chi connectivity index (χ0n) is 8.97. The quantitative estimate of drug-likeness (QED) is 0.443. The van der Waals surface area contributed by atoms with Gasteiger partial charge in [-0.2, -0.15) is 10.4 Å². The van der Waals surface area contributed by atoms with Crippen LogP contribution in [0.1, 0.15) is 12.0 Å². The summed E-state index contributed by atoms with van der Waals surface area (Å²) < 4.78 is 4.96. The minimum absolute atomic E-state index is 0.0945. The summed E-state index contributed by atoms with van der Waals surface area (Å²) >= 11 is 0. The van der Waals surface area contributed by atoms with Gasteiger partial charge in [-0.05, 0) is 23.8 Å². The van der Waals surface area contributed by atoms with Gasteiger partial charge in [-0.3, -0.25) is 0 Å². The van der Waals surface area contributed by atoms with Crippen molar-refractivity contribution in [3.63, 3.8) is 0 Å². The van der Waals surface area contributed by atoms with Crippen molar-refractivity contribution in [2.45, 2.75) is 6.42 Å². The van der Waals surface area contributed by atoms with Crippen molar-refractivity contribution in [3.05, 3.63) is 23.8 Å². The Morgan fingerprint density at radius 3 is 3.12 bits per heavy atom. The molecule has 0 spiro atoms. The van der Waals surface area contributed by atoms with Gasteiger partial charge in [0, 0.05) is 6.54 Å². The normalized spacial score (nSPS) is 10.0. The molecule has 0 saturated carbocycles. The van der Waals surface area contributed by atoms with E-state index >= 15 is 0 Å². The second kappa shape index (κ2) is 6.30. The molecule has 0 unspecified atom stereocenters. The number of aromatic hydroxyl groups is 1. The van der Waals surface area contributed by atoms with Crippen molar-refractivity contribution in [1.29, 1.82) is 5.26 Å². The molecule has 0 fully saturated rings. The average Bonchev–Trinajstić information content (AvgIpc) is 2.31. The van der Waals surface area contributed by atoms with E-state index < -0.39 is 0 Å². The lowest BCUT2D eigenvalue weighted by atomic mass is 10.2. The molecule has 0 amide bonds. The van der Waals surface area contributed by atoms with E-state index in [4.69, 9.17) is 10.00 Å². The largest absolute Gasteiger partial charge is 0.504 e. The van der Waals surface area contributed by atoms with Crippen LogP contribution >= 0.6 is 0 Å². The fourth-order valence-corrected chi connectivity index (χ4v) is 1.07. The topological polar surface area (TPSA) is 77.6 Å². The third-order valence-corrected chi connectivity index (χ3v) is 1.86. The summed E-state index contributed by atoms with van der Waals surface area (Å²) in [6.45, 7) is 0.516. The summed E-state index contributed by atoms with van der Waals surface area (Å²) in [4.78, 5) is 0. The molecule has 0 aliphatic rings. The number of phenols is 1. The number of hydrogen-bond acceptors (Lipinski definition) is 5. The number of hydrogen-bond donors (Lipinski definition) is 2. The third-order valence-electron chi connectivity index (χ3n) is 1.86. The first-order valence-electron chi connectivity index (χ1n) is 4.78. The highest BCUT2D eigenvalue weighted by molar-refractivity contribution is 5.80. The van der Waals surface area contributed by atoms with E-state index in [1.165, 1.54) is 13.2 Å². The first-order chi connectivity index (χ1) is 7.77. The molecule has 0 radical (unpaired) electrons. The van der Waals surface area contributed by atoms with Crippen LogP contribution in [-0.4, -0.2) is 25.0 Å². The van der Waals surface area contributed by atoms with Crippen molar-refractivity contribution < 1.29 is 9.84 Å². The minimum Gasteiger partial charge on any atom is -0.504 e. The van der Waals surface area contributed by atoms with Crippen LogP contribution in [0.15, 0.2) is 23.3 Å². The van der Waals surface area contributed by atoms with Crippen LogP contribution in [0.4, 0.5) is 0 Å². The van der Waals surface area contributed by atoms with E-state index in [2.05, 4.69) is 10.5 Å². The summed E-state index contributed by atoms with van der Waals surface area (Å²) in [5.41, 5.74) is 3.54. The van der Waals surface area contributed by atoms with E-state index in [9.17, 15) is 5.11 Å². The summed E-state index contributed by atoms with van der Waals surface area (Å²) in [7, 11) is 1.49. The number of hydrazone groups is 1. The summed E-state index contributed by atoms with van der Waals surface area (Å²) in [6, 6.07) is 6.93.